The minimum absolute atomic E-state index is 0.187. The maximum atomic E-state index is 4.66. The maximum Gasteiger partial charge on any atom is 0.230 e. The molecule has 43 heavy (non-hydrogen) atoms. The van der Waals surface area contributed by atoms with Crippen molar-refractivity contribution in [3.8, 4) is 0 Å². The van der Waals surface area contributed by atoms with Gasteiger partial charge in [0.2, 0.25) is 5.95 Å². The van der Waals surface area contributed by atoms with Crippen LogP contribution in [0.4, 0.5) is 17.3 Å². The number of amidine groups is 1. The van der Waals surface area contributed by atoms with Gasteiger partial charge in [0.25, 0.3) is 0 Å². The van der Waals surface area contributed by atoms with Crippen LogP contribution in [0.5, 0.6) is 0 Å². The van der Waals surface area contributed by atoms with Crippen molar-refractivity contribution in [1.82, 2.24) is 15.3 Å². The highest BCUT2D eigenvalue weighted by Crippen LogP contribution is 2.26. The first-order chi connectivity index (χ1) is 20.2. The van der Waals surface area contributed by atoms with Gasteiger partial charge in [0.1, 0.15) is 5.84 Å². The van der Waals surface area contributed by atoms with Crippen molar-refractivity contribution in [2.45, 2.75) is 75.7 Å². The number of aryl methyl sites for hydroxylation is 3. The minimum Gasteiger partial charge on any atom is -0.356 e. The number of anilines is 3. The van der Waals surface area contributed by atoms with E-state index in [0.717, 1.165) is 52.0 Å². The molecular formula is C37H54N6. The number of hydrogen-bond acceptors (Lipinski definition) is 5. The Morgan fingerprint density at radius 3 is 2.14 bits per heavy atom. The number of allylic oxidation sites excluding steroid dienone is 2. The smallest absolute Gasteiger partial charge is 0.230 e. The highest BCUT2D eigenvalue weighted by Gasteiger charge is 2.13. The summed E-state index contributed by atoms with van der Waals surface area (Å²) in [6, 6.07) is 18.5. The first kappa shape index (κ1) is 36.8. The molecule has 3 rings (SSSR count). The second-order valence-electron chi connectivity index (χ2n) is 11.3. The zero-order chi connectivity index (χ0) is 32.7. The third kappa shape index (κ3) is 12.7. The van der Waals surface area contributed by atoms with Crippen molar-refractivity contribution in [2.75, 3.05) is 24.3 Å². The molecule has 0 saturated carbocycles. The highest BCUT2D eigenvalue weighted by molar-refractivity contribution is 5.94. The van der Waals surface area contributed by atoms with Crippen molar-refractivity contribution in [3.05, 3.63) is 108 Å². The Morgan fingerprint density at radius 1 is 0.977 bits per heavy atom. The minimum atomic E-state index is 0.187. The van der Waals surface area contributed by atoms with E-state index in [0.29, 0.717) is 5.95 Å². The summed E-state index contributed by atoms with van der Waals surface area (Å²) in [5.41, 5.74) is 9.58. The van der Waals surface area contributed by atoms with Crippen LogP contribution in [0.25, 0.3) is 5.70 Å². The molecule has 232 valence electrons. The molecule has 3 aromatic rings. The first-order valence-electron chi connectivity index (χ1n) is 15.0. The van der Waals surface area contributed by atoms with Crippen molar-refractivity contribution >= 4 is 28.9 Å². The Balaban J connectivity index is 0.000000491. The lowest BCUT2D eigenvalue weighted by Gasteiger charge is -2.20. The first-order valence-corrected chi connectivity index (χ1v) is 15.0. The molecule has 0 radical (unpaired) electrons. The molecule has 2 aromatic carbocycles. The lowest BCUT2D eigenvalue weighted by atomic mass is 9.87. The van der Waals surface area contributed by atoms with Gasteiger partial charge in [-0.15, -0.1) is 0 Å². The van der Waals surface area contributed by atoms with E-state index in [4.69, 9.17) is 0 Å². The van der Waals surface area contributed by atoms with Crippen LogP contribution >= 0.6 is 0 Å². The second-order valence-corrected chi connectivity index (χ2v) is 11.3. The molecule has 0 atom stereocenters. The van der Waals surface area contributed by atoms with Crippen molar-refractivity contribution in [1.29, 1.82) is 0 Å². The van der Waals surface area contributed by atoms with E-state index in [1.165, 1.54) is 11.1 Å². The van der Waals surface area contributed by atoms with E-state index in [9.17, 15) is 0 Å². The van der Waals surface area contributed by atoms with Crippen molar-refractivity contribution < 1.29 is 0 Å². The number of hydrogen-bond donors (Lipinski definition) is 2. The van der Waals surface area contributed by atoms with Crippen molar-refractivity contribution in [2.24, 2.45) is 10.4 Å². The Labute approximate surface area is 261 Å². The zero-order valence-electron chi connectivity index (χ0n) is 28.7. The number of nitrogens with zero attached hydrogens (tertiary/aromatic N) is 4. The Morgan fingerprint density at radius 2 is 1.60 bits per heavy atom. The second kappa shape index (κ2) is 17.7. The van der Waals surface area contributed by atoms with Crippen LogP contribution in [-0.2, 0) is 6.42 Å². The number of nitrogens with one attached hydrogen (secondary N) is 2. The molecule has 0 aliphatic heterocycles. The molecule has 0 fully saturated rings. The number of aromatic nitrogens is 2. The van der Waals surface area contributed by atoms with E-state index in [2.05, 4.69) is 129 Å². The van der Waals surface area contributed by atoms with E-state index >= 15 is 0 Å². The average Bonchev–Trinajstić information content (AvgIpc) is 2.97. The molecule has 0 aliphatic rings. The fourth-order valence-corrected chi connectivity index (χ4v) is 3.65. The van der Waals surface area contributed by atoms with Gasteiger partial charge in [-0.05, 0) is 81.5 Å². The molecule has 0 amide bonds. The summed E-state index contributed by atoms with van der Waals surface area (Å²) >= 11 is 0. The molecule has 0 spiro atoms. The fourth-order valence-electron chi connectivity index (χ4n) is 3.65. The molecule has 2 N–H and O–H groups in total. The normalized spacial score (nSPS) is 11.3. The monoisotopic (exact) mass is 582 g/mol. The van der Waals surface area contributed by atoms with Gasteiger partial charge in [-0.2, -0.15) is 0 Å². The highest BCUT2D eigenvalue weighted by atomic mass is 15.2. The molecule has 0 bridgehead atoms. The number of rotatable bonds is 8. The maximum absolute atomic E-state index is 4.66. The van der Waals surface area contributed by atoms with Gasteiger partial charge >= 0.3 is 0 Å². The standard InChI is InChI=1S/C23H26N4.C12H22N2.C2H6/c1-6-20-14-17(3)24-23(26-20)27(5)22-9-7-8-19(15-22)18(4)25-21-12-10-16(2)11-13-21;1-9(2)14-11(13-7)8-10(3)12(4,5)6;1-2/h7-15,25H,4,6H2,1-3,5H3;8H,1H2,2-7H3,(H,13,14);1-2H3/b;10-8+;. The summed E-state index contributed by atoms with van der Waals surface area (Å²) in [6.45, 7) is 28.8. The van der Waals surface area contributed by atoms with Gasteiger partial charge in [-0.1, -0.05) is 90.1 Å². The van der Waals surface area contributed by atoms with Crippen LogP contribution in [0, 0.1) is 19.3 Å². The van der Waals surface area contributed by atoms with E-state index in [1.54, 1.807) is 7.05 Å². The van der Waals surface area contributed by atoms with Crippen LogP contribution in [0.1, 0.15) is 77.9 Å². The molecule has 0 saturated heterocycles. The molecule has 1 aromatic heterocycles. The van der Waals surface area contributed by atoms with E-state index in [1.807, 2.05) is 51.8 Å². The zero-order valence-corrected chi connectivity index (χ0v) is 28.7. The predicted molar refractivity (Wildman–Crippen MR) is 190 cm³/mol. The topological polar surface area (TPSA) is 65.4 Å². The average molecular weight is 583 g/mol. The number of benzene rings is 2. The number of aliphatic imine (C=N–C) groups is 1. The lowest BCUT2D eigenvalue weighted by Crippen LogP contribution is -2.20. The van der Waals surface area contributed by atoms with Gasteiger partial charge in [0.05, 0.1) is 0 Å². The molecule has 1 heterocycles. The fraction of sp³-hybridized carbons (Fsp3) is 0.378. The molecule has 6 heteroatoms. The van der Waals surface area contributed by atoms with Crippen LogP contribution < -0.4 is 15.5 Å². The van der Waals surface area contributed by atoms with Gasteiger partial charge in [0.15, 0.2) is 0 Å². The Bertz CT molecular complexity index is 1390. The summed E-state index contributed by atoms with van der Waals surface area (Å²) < 4.78 is 0. The van der Waals surface area contributed by atoms with Crippen LogP contribution in [0.15, 0.2) is 90.1 Å². The quantitative estimate of drug-likeness (QED) is 0.204. The molecule has 0 unspecified atom stereocenters. The van der Waals surface area contributed by atoms with E-state index in [-0.39, 0.29) is 5.41 Å². The van der Waals surface area contributed by atoms with Crippen LogP contribution in [0.2, 0.25) is 0 Å². The van der Waals surface area contributed by atoms with Gasteiger partial charge in [0, 0.05) is 48.3 Å². The van der Waals surface area contributed by atoms with Crippen molar-refractivity contribution in [3.63, 3.8) is 0 Å². The SMILES string of the molecule is C=C(C)NC(/C=C(\C)C(C)(C)C)=NC.C=C(Nc1ccc(C)cc1)c1cccc(N(C)c2nc(C)cc(CC)n2)c1.CC. The third-order valence-electron chi connectivity index (χ3n) is 6.61. The molecule has 0 aliphatic carbocycles. The van der Waals surface area contributed by atoms with Crippen LogP contribution in [0.3, 0.4) is 0 Å². The van der Waals surface area contributed by atoms with E-state index < -0.39 is 0 Å². The van der Waals surface area contributed by atoms with Gasteiger partial charge < -0.3 is 15.5 Å². The lowest BCUT2D eigenvalue weighted by molar-refractivity contribution is 0.504. The summed E-state index contributed by atoms with van der Waals surface area (Å²) in [6.07, 6.45) is 2.95. The predicted octanol–water partition coefficient (Wildman–Crippen LogP) is 9.66. The Hall–Kier alpha value is -4.19. The summed E-state index contributed by atoms with van der Waals surface area (Å²) in [4.78, 5) is 15.4. The summed E-state index contributed by atoms with van der Waals surface area (Å²) in [7, 11) is 3.77. The Kier molecular flexibility index (Phi) is 15.2. The largest absolute Gasteiger partial charge is 0.356 e. The van der Waals surface area contributed by atoms with Gasteiger partial charge in [-0.3, -0.25) is 4.99 Å². The third-order valence-corrected chi connectivity index (χ3v) is 6.61. The van der Waals surface area contributed by atoms with Crippen LogP contribution in [-0.4, -0.2) is 29.9 Å². The molecule has 6 nitrogen and oxygen atoms in total. The molecular weight excluding hydrogens is 528 g/mol. The van der Waals surface area contributed by atoms with Gasteiger partial charge in [-0.25, -0.2) is 9.97 Å². The summed E-state index contributed by atoms with van der Waals surface area (Å²) in [5, 5.41) is 6.49. The summed E-state index contributed by atoms with van der Waals surface area (Å²) in [5.74, 6) is 1.58.